The summed E-state index contributed by atoms with van der Waals surface area (Å²) >= 11 is 0. The molecule has 0 bridgehead atoms. The van der Waals surface area contributed by atoms with Crippen molar-refractivity contribution >= 4 is 11.4 Å². The van der Waals surface area contributed by atoms with Gasteiger partial charge < -0.3 is 10.1 Å². The van der Waals surface area contributed by atoms with Crippen LogP contribution in [-0.2, 0) is 6.42 Å². The predicted molar refractivity (Wildman–Crippen MR) is 93.7 cm³/mol. The first kappa shape index (κ1) is 16.4. The number of benzene rings is 2. The molecule has 0 radical (unpaired) electrons. The van der Waals surface area contributed by atoms with Crippen molar-refractivity contribution in [3.63, 3.8) is 0 Å². The van der Waals surface area contributed by atoms with Crippen molar-refractivity contribution in [3.05, 3.63) is 64.5 Å². The Morgan fingerprint density at radius 3 is 2.88 bits per heavy atom. The number of methoxy groups -OCH3 is 1. The third-order valence-electron chi connectivity index (χ3n) is 3.61. The van der Waals surface area contributed by atoms with Gasteiger partial charge in [0.1, 0.15) is 11.6 Å². The second-order valence-corrected chi connectivity index (χ2v) is 5.32. The zero-order valence-corrected chi connectivity index (χ0v) is 13.6. The summed E-state index contributed by atoms with van der Waals surface area (Å²) in [5.41, 5.74) is 1.58. The molecule has 0 saturated carbocycles. The van der Waals surface area contributed by atoms with Crippen LogP contribution in [0.1, 0.15) is 5.82 Å². The second-order valence-electron chi connectivity index (χ2n) is 5.32. The number of nitrogens with zero attached hydrogens (tertiary/aromatic N) is 3. The molecule has 0 aliphatic rings. The molecule has 0 amide bonds. The van der Waals surface area contributed by atoms with E-state index in [0.717, 1.165) is 11.4 Å². The summed E-state index contributed by atoms with van der Waals surface area (Å²) < 4.78 is 5.18. The molecule has 2 N–H and O–H groups in total. The van der Waals surface area contributed by atoms with Gasteiger partial charge in [0.15, 0.2) is 5.82 Å². The quantitative estimate of drug-likeness (QED) is 0.506. The number of nitro groups is 1. The number of ether oxygens (including phenoxy) is 1. The Morgan fingerprint density at radius 2 is 2.08 bits per heavy atom. The van der Waals surface area contributed by atoms with Crippen LogP contribution in [0.3, 0.4) is 0 Å². The summed E-state index contributed by atoms with van der Waals surface area (Å²) in [6, 6.07) is 13.9. The minimum atomic E-state index is -0.435. The number of H-pyrrole nitrogens is 1. The molecule has 8 heteroatoms. The Labute approximate surface area is 144 Å². The standard InChI is InChI=1S/C17H17N5O3/c1-25-15-7-3-5-13(11-15)18-9-8-16-19-17(21-20-16)12-4-2-6-14(10-12)22(23)24/h2-7,10-11,18H,8-9H2,1H3,(H,19,20,21). The summed E-state index contributed by atoms with van der Waals surface area (Å²) in [5.74, 6) is 1.94. The fourth-order valence-electron chi connectivity index (χ4n) is 2.35. The third kappa shape index (κ3) is 4.11. The summed E-state index contributed by atoms with van der Waals surface area (Å²) in [4.78, 5) is 14.8. The summed E-state index contributed by atoms with van der Waals surface area (Å²) in [7, 11) is 1.63. The number of hydrogen-bond acceptors (Lipinski definition) is 6. The Bertz CT molecular complexity index is 878. The smallest absolute Gasteiger partial charge is 0.270 e. The van der Waals surface area contributed by atoms with Gasteiger partial charge in [-0.25, -0.2) is 4.98 Å². The average Bonchev–Trinajstić information content (AvgIpc) is 3.11. The lowest BCUT2D eigenvalue weighted by molar-refractivity contribution is -0.384. The fraction of sp³-hybridized carbons (Fsp3) is 0.176. The minimum Gasteiger partial charge on any atom is -0.497 e. The van der Waals surface area contributed by atoms with Gasteiger partial charge in [0, 0.05) is 42.4 Å². The number of anilines is 1. The first-order chi connectivity index (χ1) is 12.2. The molecule has 8 nitrogen and oxygen atoms in total. The van der Waals surface area contributed by atoms with Crippen molar-refractivity contribution in [3.8, 4) is 17.1 Å². The molecule has 3 aromatic rings. The minimum absolute atomic E-state index is 0.0172. The first-order valence-corrected chi connectivity index (χ1v) is 7.70. The first-order valence-electron chi connectivity index (χ1n) is 7.70. The molecular weight excluding hydrogens is 322 g/mol. The maximum Gasteiger partial charge on any atom is 0.270 e. The summed E-state index contributed by atoms with van der Waals surface area (Å²) in [6.07, 6.45) is 0.638. The van der Waals surface area contributed by atoms with Crippen molar-refractivity contribution < 1.29 is 9.66 Å². The van der Waals surface area contributed by atoms with Crippen molar-refractivity contribution in [2.75, 3.05) is 19.0 Å². The zero-order chi connectivity index (χ0) is 17.6. The van der Waals surface area contributed by atoms with E-state index in [-0.39, 0.29) is 5.69 Å². The maximum absolute atomic E-state index is 10.9. The Morgan fingerprint density at radius 1 is 1.24 bits per heavy atom. The predicted octanol–water partition coefficient (Wildman–Crippen LogP) is 3.04. The lowest BCUT2D eigenvalue weighted by Crippen LogP contribution is -2.06. The molecule has 0 aliphatic carbocycles. The molecule has 1 aromatic heterocycles. The van der Waals surface area contributed by atoms with Crippen molar-refractivity contribution in [2.24, 2.45) is 0 Å². The largest absolute Gasteiger partial charge is 0.497 e. The average molecular weight is 339 g/mol. The van der Waals surface area contributed by atoms with E-state index in [1.54, 1.807) is 19.2 Å². The normalized spacial score (nSPS) is 10.4. The number of aromatic amines is 1. The van der Waals surface area contributed by atoms with Crippen LogP contribution in [0.2, 0.25) is 0 Å². The highest BCUT2D eigenvalue weighted by atomic mass is 16.6. The van der Waals surface area contributed by atoms with Gasteiger partial charge in [-0.2, -0.15) is 5.10 Å². The fourth-order valence-corrected chi connectivity index (χ4v) is 2.35. The molecule has 0 unspecified atom stereocenters. The lowest BCUT2D eigenvalue weighted by atomic mass is 10.2. The number of hydrogen-bond donors (Lipinski definition) is 2. The van der Waals surface area contributed by atoms with Crippen LogP contribution in [0.15, 0.2) is 48.5 Å². The molecule has 0 spiro atoms. The highest BCUT2D eigenvalue weighted by molar-refractivity contribution is 5.58. The van der Waals surface area contributed by atoms with Crippen LogP contribution in [0.4, 0.5) is 11.4 Å². The van der Waals surface area contributed by atoms with E-state index in [0.29, 0.717) is 30.2 Å². The van der Waals surface area contributed by atoms with Gasteiger partial charge in [-0.1, -0.05) is 18.2 Å². The van der Waals surface area contributed by atoms with E-state index in [1.165, 1.54) is 12.1 Å². The van der Waals surface area contributed by atoms with Crippen molar-refractivity contribution in [2.45, 2.75) is 6.42 Å². The number of nitro benzene ring substituents is 1. The van der Waals surface area contributed by atoms with Gasteiger partial charge in [-0.15, -0.1) is 0 Å². The summed E-state index contributed by atoms with van der Waals surface area (Å²) in [5, 5.41) is 21.1. The number of rotatable bonds is 7. The SMILES string of the molecule is COc1cccc(NCCc2nc(-c3cccc([N+](=O)[O-])c3)n[nH]2)c1. The zero-order valence-electron chi connectivity index (χ0n) is 13.6. The van der Waals surface area contributed by atoms with Gasteiger partial charge in [-0.3, -0.25) is 15.2 Å². The number of nitrogens with one attached hydrogen (secondary N) is 2. The molecule has 128 valence electrons. The van der Waals surface area contributed by atoms with Gasteiger partial charge in [0.25, 0.3) is 5.69 Å². The van der Waals surface area contributed by atoms with E-state index in [2.05, 4.69) is 20.5 Å². The third-order valence-corrected chi connectivity index (χ3v) is 3.61. The number of non-ortho nitro benzene ring substituents is 1. The molecule has 0 aliphatic heterocycles. The van der Waals surface area contributed by atoms with Crippen LogP contribution >= 0.6 is 0 Å². The molecule has 1 heterocycles. The van der Waals surface area contributed by atoms with E-state index in [4.69, 9.17) is 4.74 Å². The highest BCUT2D eigenvalue weighted by Gasteiger charge is 2.11. The molecule has 0 atom stereocenters. The van der Waals surface area contributed by atoms with Crippen LogP contribution in [-0.4, -0.2) is 33.8 Å². The van der Waals surface area contributed by atoms with Gasteiger partial charge in [0.05, 0.1) is 12.0 Å². The highest BCUT2D eigenvalue weighted by Crippen LogP contribution is 2.21. The topological polar surface area (TPSA) is 106 Å². The monoisotopic (exact) mass is 339 g/mol. The van der Waals surface area contributed by atoms with E-state index in [9.17, 15) is 10.1 Å². The molecule has 25 heavy (non-hydrogen) atoms. The Balaban J connectivity index is 1.62. The van der Waals surface area contributed by atoms with Gasteiger partial charge in [-0.05, 0) is 12.1 Å². The molecular formula is C17H17N5O3. The van der Waals surface area contributed by atoms with Gasteiger partial charge >= 0.3 is 0 Å². The van der Waals surface area contributed by atoms with Crippen LogP contribution in [0.25, 0.3) is 11.4 Å². The van der Waals surface area contributed by atoms with Crippen LogP contribution < -0.4 is 10.1 Å². The van der Waals surface area contributed by atoms with E-state index in [1.807, 2.05) is 24.3 Å². The lowest BCUT2D eigenvalue weighted by Gasteiger charge is -2.06. The van der Waals surface area contributed by atoms with Crippen LogP contribution in [0, 0.1) is 10.1 Å². The van der Waals surface area contributed by atoms with Crippen molar-refractivity contribution in [1.29, 1.82) is 0 Å². The molecule has 2 aromatic carbocycles. The van der Waals surface area contributed by atoms with Gasteiger partial charge in [0.2, 0.25) is 0 Å². The molecule has 3 rings (SSSR count). The van der Waals surface area contributed by atoms with Crippen LogP contribution in [0.5, 0.6) is 5.75 Å². The molecule has 0 saturated heterocycles. The maximum atomic E-state index is 10.9. The Kier molecular flexibility index (Phi) is 4.89. The number of aromatic nitrogens is 3. The van der Waals surface area contributed by atoms with Crippen molar-refractivity contribution in [1.82, 2.24) is 15.2 Å². The van der Waals surface area contributed by atoms with E-state index >= 15 is 0 Å². The second kappa shape index (κ2) is 7.43. The summed E-state index contributed by atoms with van der Waals surface area (Å²) in [6.45, 7) is 0.663. The van der Waals surface area contributed by atoms with E-state index < -0.39 is 4.92 Å². The Hall–Kier alpha value is -3.42. The molecule has 0 fully saturated rings.